The van der Waals surface area contributed by atoms with Crippen molar-refractivity contribution in [3.8, 4) is 0 Å². The third kappa shape index (κ3) is 3.00. The molecule has 2 aromatic rings. The molecule has 1 aromatic carbocycles. The lowest BCUT2D eigenvalue weighted by atomic mass is 10.3. The monoisotopic (exact) mass is 298 g/mol. The number of hydrogen-bond donors (Lipinski definition) is 2. The topological polar surface area (TPSA) is 71.3 Å². The average molecular weight is 298 g/mol. The Morgan fingerprint density at radius 2 is 2.10 bits per heavy atom. The molecule has 0 aliphatic heterocycles. The molecule has 0 spiro atoms. The number of nitrogens with one attached hydrogen (secondary N) is 1. The van der Waals surface area contributed by atoms with Crippen LogP contribution in [0.15, 0.2) is 41.4 Å². The third-order valence-electron chi connectivity index (χ3n) is 2.85. The number of benzene rings is 1. The summed E-state index contributed by atoms with van der Waals surface area (Å²) >= 11 is 0. The molecule has 0 aliphatic carbocycles. The van der Waals surface area contributed by atoms with Crippen molar-refractivity contribution in [2.24, 2.45) is 0 Å². The summed E-state index contributed by atoms with van der Waals surface area (Å²) in [5.74, 6) is -0.521. The number of aromatic nitrogens is 1. The molecular weight excluding hydrogens is 283 g/mol. The zero-order valence-electron chi connectivity index (χ0n) is 10.9. The highest BCUT2D eigenvalue weighted by atomic mass is 32.2. The molecule has 20 heavy (non-hydrogen) atoms. The molecule has 5 nitrogen and oxygen atoms in total. The van der Waals surface area contributed by atoms with Gasteiger partial charge >= 0.3 is 0 Å². The lowest BCUT2D eigenvalue weighted by molar-refractivity contribution is 0.271. The van der Waals surface area contributed by atoms with Gasteiger partial charge in [-0.25, -0.2) is 12.8 Å². The van der Waals surface area contributed by atoms with Crippen LogP contribution in [-0.4, -0.2) is 18.1 Å². The predicted molar refractivity (Wildman–Crippen MR) is 73.2 cm³/mol. The Morgan fingerprint density at radius 3 is 2.65 bits per heavy atom. The van der Waals surface area contributed by atoms with Gasteiger partial charge in [0.1, 0.15) is 10.7 Å². The molecule has 0 aliphatic rings. The average Bonchev–Trinajstić information content (AvgIpc) is 2.82. The Morgan fingerprint density at radius 1 is 1.35 bits per heavy atom. The largest absolute Gasteiger partial charge is 0.390 e. The van der Waals surface area contributed by atoms with Crippen molar-refractivity contribution in [1.29, 1.82) is 0 Å². The molecule has 2 N–H and O–H groups in total. The summed E-state index contributed by atoms with van der Waals surface area (Å²) in [6.07, 6.45) is 1.44. The maximum absolute atomic E-state index is 13.1. The van der Waals surface area contributed by atoms with Crippen LogP contribution in [0.25, 0.3) is 0 Å². The van der Waals surface area contributed by atoms with Crippen LogP contribution in [0, 0.1) is 5.82 Å². The van der Waals surface area contributed by atoms with Gasteiger partial charge < -0.3 is 9.67 Å². The van der Waals surface area contributed by atoms with Crippen LogP contribution >= 0.6 is 0 Å². The number of hydrogen-bond acceptors (Lipinski definition) is 3. The second-order valence-electron chi connectivity index (χ2n) is 4.23. The summed E-state index contributed by atoms with van der Waals surface area (Å²) in [6.45, 7) is 2.14. The zero-order valence-corrected chi connectivity index (χ0v) is 11.7. The molecule has 7 heteroatoms. The SMILES string of the molecule is CCn1cc(S(=O)(=O)Nc2cccc(F)c2)cc1CO. The molecule has 0 amide bonds. The maximum Gasteiger partial charge on any atom is 0.263 e. The lowest BCUT2D eigenvalue weighted by Gasteiger charge is -2.06. The third-order valence-corrected chi connectivity index (χ3v) is 4.20. The van der Waals surface area contributed by atoms with E-state index in [4.69, 9.17) is 5.11 Å². The molecule has 1 heterocycles. The molecule has 0 radical (unpaired) electrons. The van der Waals surface area contributed by atoms with Gasteiger partial charge in [-0.2, -0.15) is 0 Å². The number of aliphatic hydroxyl groups excluding tert-OH is 1. The van der Waals surface area contributed by atoms with E-state index in [1.165, 1.54) is 30.5 Å². The van der Waals surface area contributed by atoms with E-state index < -0.39 is 15.8 Å². The quantitative estimate of drug-likeness (QED) is 0.886. The molecule has 1 aromatic heterocycles. The standard InChI is InChI=1S/C13H15FN2O3S/c1-2-16-8-13(7-12(16)9-17)20(18,19)15-11-5-3-4-10(14)6-11/h3-8,15,17H,2,9H2,1H3. The first-order valence-electron chi connectivity index (χ1n) is 6.04. The lowest BCUT2D eigenvalue weighted by Crippen LogP contribution is -2.12. The molecular formula is C13H15FN2O3S. The molecule has 0 bridgehead atoms. The van der Waals surface area contributed by atoms with E-state index in [-0.39, 0.29) is 17.2 Å². The Hall–Kier alpha value is -1.86. The molecule has 2 rings (SSSR count). The number of nitrogens with zero attached hydrogens (tertiary/aromatic N) is 1. The Kier molecular flexibility index (Phi) is 4.10. The summed E-state index contributed by atoms with van der Waals surface area (Å²) in [5.41, 5.74) is 0.659. The van der Waals surface area contributed by atoms with Gasteiger partial charge in [-0.1, -0.05) is 6.07 Å². The van der Waals surface area contributed by atoms with Crippen molar-refractivity contribution in [2.45, 2.75) is 25.0 Å². The fraction of sp³-hybridized carbons (Fsp3) is 0.231. The minimum absolute atomic E-state index is 0.0349. The highest BCUT2D eigenvalue weighted by Crippen LogP contribution is 2.19. The molecule has 108 valence electrons. The number of sulfonamides is 1. The van der Waals surface area contributed by atoms with Gasteiger partial charge in [0.2, 0.25) is 0 Å². The summed E-state index contributed by atoms with van der Waals surface area (Å²) < 4.78 is 41.4. The summed E-state index contributed by atoms with van der Waals surface area (Å²) in [6, 6.07) is 6.61. The normalized spacial score (nSPS) is 11.6. The van der Waals surface area contributed by atoms with Gasteiger partial charge in [0.25, 0.3) is 10.0 Å². The van der Waals surface area contributed by atoms with Gasteiger partial charge in [0.05, 0.1) is 12.3 Å². The minimum Gasteiger partial charge on any atom is -0.390 e. The Balaban J connectivity index is 2.33. The van der Waals surface area contributed by atoms with Crippen LogP contribution < -0.4 is 4.72 Å². The van der Waals surface area contributed by atoms with Gasteiger partial charge in [-0.05, 0) is 31.2 Å². The smallest absolute Gasteiger partial charge is 0.263 e. The first-order valence-corrected chi connectivity index (χ1v) is 7.53. The Labute approximate surface area is 116 Å². The van der Waals surface area contributed by atoms with Crippen molar-refractivity contribution in [1.82, 2.24) is 4.57 Å². The van der Waals surface area contributed by atoms with E-state index >= 15 is 0 Å². The van der Waals surface area contributed by atoms with Crippen molar-refractivity contribution >= 4 is 15.7 Å². The van der Waals surface area contributed by atoms with Crippen molar-refractivity contribution in [3.63, 3.8) is 0 Å². The van der Waals surface area contributed by atoms with E-state index in [9.17, 15) is 12.8 Å². The van der Waals surface area contributed by atoms with Gasteiger partial charge in [0, 0.05) is 18.4 Å². The maximum atomic E-state index is 13.1. The number of rotatable bonds is 5. The van der Waals surface area contributed by atoms with Gasteiger partial charge in [0.15, 0.2) is 0 Å². The molecule has 0 atom stereocenters. The number of aliphatic hydroxyl groups is 1. The van der Waals surface area contributed by atoms with E-state index in [1.54, 1.807) is 4.57 Å². The van der Waals surface area contributed by atoms with Crippen LogP contribution in [0.2, 0.25) is 0 Å². The molecule has 0 saturated carbocycles. The van der Waals surface area contributed by atoms with E-state index in [2.05, 4.69) is 4.72 Å². The molecule has 0 fully saturated rings. The molecule has 0 saturated heterocycles. The van der Waals surface area contributed by atoms with Crippen molar-refractivity contribution in [2.75, 3.05) is 4.72 Å². The fourth-order valence-corrected chi connectivity index (χ4v) is 2.98. The summed E-state index contributed by atoms with van der Waals surface area (Å²) in [7, 11) is -3.80. The van der Waals surface area contributed by atoms with E-state index in [0.29, 0.717) is 12.2 Å². The molecule has 0 unspecified atom stereocenters. The highest BCUT2D eigenvalue weighted by Gasteiger charge is 2.18. The van der Waals surface area contributed by atoms with Crippen molar-refractivity contribution < 1.29 is 17.9 Å². The number of aryl methyl sites for hydroxylation is 1. The minimum atomic E-state index is -3.80. The highest BCUT2D eigenvalue weighted by molar-refractivity contribution is 7.92. The van der Waals surface area contributed by atoms with Crippen LogP contribution in [0.4, 0.5) is 10.1 Å². The number of halogens is 1. The fourth-order valence-electron chi connectivity index (χ4n) is 1.86. The second-order valence-corrected chi connectivity index (χ2v) is 5.91. The second kappa shape index (κ2) is 5.64. The zero-order chi connectivity index (χ0) is 14.8. The van der Waals surface area contributed by atoms with Crippen LogP contribution in [0.3, 0.4) is 0 Å². The first-order chi connectivity index (χ1) is 9.46. The van der Waals surface area contributed by atoms with E-state index in [1.807, 2.05) is 6.92 Å². The first kappa shape index (κ1) is 14.5. The van der Waals surface area contributed by atoms with Crippen LogP contribution in [0.1, 0.15) is 12.6 Å². The van der Waals surface area contributed by atoms with Gasteiger partial charge in [-0.3, -0.25) is 4.72 Å². The van der Waals surface area contributed by atoms with Gasteiger partial charge in [-0.15, -0.1) is 0 Å². The summed E-state index contributed by atoms with van der Waals surface area (Å²) in [4.78, 5) is 0.0349. The van der Waals surface area contributed by atoms with Crippen LogP contribution in [-0.2, 0) is 23.2 Å². The van der Waals surface area contributed by atoms with E-state index in [0.717, 1.165) is 6.07 Å². The number of anilines is 1. The van der Waals surface area contributed by atoms with Crippen molar-refractivity contribution in [3.05, 3.63) is 48.0 Å². The predicted octanol–water partition coefficient (Wildman–Crippen LogP) is 1.94. The Bertz CT molecular complexity index is 689. The summed E-state index contributed by atoms with van der Waals surface area (Å²) in [5, 5.41) is 9.17. The van der Waals surface area contributed by atoms with Crippen LogP contribution in [0.5, 0.6) is 0 Å².